The molecule has 0 spiro atoms. The van der Waals surface area contributed by atoms with Gasteiger partial charge >= 0.3 is 0 Å². The molecule has 2 rings (SSSR count). The first-order chi connectivity index (χ1) is 6.27. The van der Waals surface area contributed by atoms with Gasteiger partial charge in [-0.1, -0.05) is 22.9 Å². The molecule has 13 heavy (non-hydrogen) atoms. The van der Waals surface area contributed by atoms with Crippen LogP contribution < -0.4 is 0 Å². The van der Waals surface area contributed by atoms with E-state index in [9.17, 15) is 0 Å². The molecule has 0 aromatic heterocycles. The number of benzene rings is 1. The summed E-state index contributed by atoms with van der Waals surface area (Å²) in [6, 6.07) is 6.42. The van der Waals surface area contributed by atoms with Gasteiger partial charge in [0.1, 0.15) is 6.61 Å². The fraction of sp³-hybridized carbons (Fsp3) is 0.364. The highest BCUT2D eigenvalue weighted by molar-refractivity contribution is 6.02. The summed E-state index contributed by atoms with van der Waals surface area (Å²) in [5.74, 6) is 0. The summed E-state index contributed by atoms with van der Waals surface area (Å²) in [7, 11) is 0. The number of hydrogen-bond donors (Lipinski definition) is 0. The van der Waals surface area contributed by atoms with E-state index >= 15 is 0 Å². The Morgan fingerprint density at radius 1 is 1.31 bits per heavy atom. The van der Waals surface area contributed by atoms with Crippen LogP contribution >= 0.6 is 0 Å². The Kier molecular flexibility index (Phi) is 2.05. The van der Waals surface area contributed by atoms with Crippen LogP contribution in [-0.2, 0) is 4.84 Å². The summed E-state index contributed by atoms with van der Waals surface area (Å²) in [5.41, 5.74) is 4.86. The second-order valence-corrected chi connectivity index (χ2v) is 3.44. The predicted molar refractivity (Wildman–Crippen MR) is 53.0 cm³/mol. The lowest BCUT2D eigenvalue weighted by molar-refractivity contribution is 0.174. The lowest BCUT2D eigenvalue weighted by Crippen LogP contribution is -2.00. The van der Waals surface area contributed by atoms with Gasteiger partial charge in [0.15, 0.2) is 0 Å². The van der Waals surface area contributed by atoms with Crippen molar-refractivity contribution in [1.29, 1.82) is 0 Å². The summed E-state index contributed by atoms with van der Waals surface area (Å²) < 4.78 is 0. The molecule has 1 aromatic carbocycles. The van der Waals surface area contributed by atoms with Gasteiger partial charge < -0.3 is 4.84 Å². The van der Waals surface area contributed by atoms with Crippen LogP contribution in [0.1, 0.15) is 23.1 Å². The third kappa shape index (κ3) is 1.57. The number of rotatable bonds is 1. The van der Waals surface area contributed by atoms with E-state index in [2.05, 4.69) is 37.2 Å². The van der Waals surface area contributed by atoms with Crippen molar-refractivity contribution in [3.63, 3.8) is 0 Å². The van der Waals surface area contributed by atoms with Crippen LogP contribution in [0, 0.1) is 13.8 Å². The molecule has 1 aliphatic heterocycles. The van der Waals surface area contributed by atoms with Crippen molar-refractivity contribution in [3.8, 4) is 0 Å². The van der Waals surface area contributed by atoms with Gasteiger partial charge in [-0.15, -0.1) is 0 Å². The minimum absolute atomic E-state index is 0.725. The number of nitrogens with zero attached hydrogens (tertiary/aromatic N) is 1. The summed E-state index contributed by atoms with van der Waals surface area (Å²) in [5, 5.41) is 4.02. The molecule has 0 fully saturated rings. The van der Waals surface area contributed by atoms with Crippen LogP contribution in [0.2, 0.25) is 0 Å². The molecule has 0 bridgehead atoms. The molecule has 1 aliphatic rings. The lowest BCUT2D eigenvalue weighted by atomic mass is 10.0. The van der Waals surface area contributed by atoms with Crippen molar-refractivity contribution >= 4 is 5.71 Å². The van der Waals surface area contributed by atoms with Crippen LogP contribution in [0.25, 0.3) is 0 Å². The number of oxime groups is 1. The molecule has 2 nitrogen and oxygen atoms in total. The van der Waals surface area contributed by atoms with Crippen LogP contribution in [-0.4, -0.2) is 12.3 Å². The maximum absolute atomic E-state index is 4.99. The zero-order valence-electron chi connectivity index (χ0n) is 8.00. The molecule has 1 heterocycles. The van der Waals surface area contributed by atoms with E-state index < -0.39 is 0 Å². The average molecular weight is 175 g/mol. The monoisotopic (exact) mass is 175 g/mol. The maximum atomic E-state index is 4.99. The van der Waals surface area contributed by atoms with Crippen molar-refractivity contribution in [2.75, 3.05) is 6.61 Å². The standard InChI is InChI=1S/C11H13NO/c1-8-3-4-9(2)10(7-8)11-5-6-13-12-11/h3-4,7H,5-6H2,1-2H3. The zero-order chi connectivity index (χ0) is 9.26. The van der Waals surface area contributed by atoms with Gasteiger partial charge in [-0.3, -0.25) is 0 Å². The molecule has 0 N–H and O–H groups in total. The summed E-state index contributed by atoms with van der Waals surface area (Å²) in [4.78, 5) is 4.99. The van der Waals surface area contributed by atoms with E-state index in [4.69, 9.17) is 4.84 Å². The molecule has 0 saturated carbocycles. The SMILES string of the molecule is Cc1ccc(C)c(C2=NOCC2)c1. The Balaban J connectivity index is 2.43. The third-order valence-corrected chi connectivity index (χ3v) is 2.31. The van der Waals surface area contributed by atoms with Gasteiger partial charge in [-0.05, 0) is 25.5 Å². The Bertz CT molecular complexity index is 355. The molecule has 0 amide bonds. The minimum atomic E-state index is 0.725. The Morgan fingerprint density at radius 3 is 2.85 bits per heavy atom. The summed E-state index contributed by atoms with van der Waals surface area (Å²) >= 11 is 0. The van der Waals surface area contributed by atoms with E-state index in [-0.39, 0.29) is 0 Å². The van der Waals surface area contributed by atoms with Gasteiger partial charge in [0.05, 0.1) is 5.71 Å². The van der Waals surface area contributed by atoms with Crippen molar-refractivity contribution in [2.24, 2.45) is 5.16 Å². The first kappa shape index (κ1) is 8.30. The topological polar surface area (TPSA) is 21.6 Å². The van der Waals surface area contributed by atoms with E-state index in [1.54, 1.807) is 0 Å². The van der Waals surface area contributed by atoms with Gasteiger partial charge in [-0.2, -0.15) is 0 Å². The van der Waals surface area contributed by atoms with E-state index in [1.807, 2.05) is 0 Å². The Labute approximate surface area is 78.2 Å². The molecule has 0 unspecified atom stereocenters. The van der Waals surface area contributed by atoms with Crippen molar-refractivity contribution in [1.82, 2.24) is 0 Å². The fourth-order valence-electron chi connectivity index (χ4n) is 1.54. The van der Waals surface area contributed by atoms with Crippen molar-refractivity contribution < 1.29 is 4.84 Å². The second kappa shape index (κ2) is 3.21. The largest absolute Gasteiger partial charge is 0.395 e. The van der Waals surface area contributed by atoms with Gasteiger partial charge in [0, 0.05) is 12.0 Å². The zero-order valence-corrected chi connectivity index (χ0v) is 8.00. The van der Waals surface area contributed by atoms with Crippen LogP contribution in [0.3, 0.4) is 0 Å². The Morgan fingerprint density at radius 2 is 2.15 bits per heavy atom. The average Bonchev–Trinajstić information content (AvgIpc) is 2.61. The maximum Gasteiger partial charge on any atom is 0.122 e. The summed E-state index contributed by atoms with van der Waals surface area (Å²) in [6.45, 7) is 4.93. The van der Waals surface area contributed by atoms with Crippen LogP contribution in [0.5, 0.6) is 0 Å². The molecular weight excluding hydrogens is 162 g/mol. The minimum Gasteiger partial charge on any atom is -0.395 e. The molecule has 0 atom stereocenters. The smallest absolute Gasteiger partial charge is 0.122 e. The molecule has 68 valence electrons. The van der Waals surface area contributed by atoms with E-state index in [1.165, 1.54) is 16.7 Å². The summed E-state index contributed by atoms with van der Waals surface area (Å²) in [6.07, 6.45) is 0.935. The molecule has 0 saturated heterocycles. The first-order valence-corrected chi connectivity index (χ1v) is 4.54. The molecule has 0 aliphatic carbocycles. The van der Waals surface area contributed by atoms with Gasteiger partial charge in [0.25, 0.3) is 0 Å². The van der Waals surface area contributed by atoms with Crippen LogP contribution in [0.15, 0.2) is 23.4 Å². The Hall–Kier alpha value is -1.31. The predicted octanol–water partition coefficient (Wildman–Crippen LogP) is 2.43. The van der Waals surface area contributed by atoms with Crippen LogP contribution in [0.4, 0.5) is 0 Å². The molecule has 0 radical (unpaired) electrons. The second-order valence-electron chi connectivity index (χ2n) is 3.44. The lowest BCUT2D eigenvalue weighted by Gasteiger charge is -2.04. The van der Waals surface area contributed by atoms with Gasteiger partial charge in [-0.25, -0.2) is 0 Å². The fourth-order valence-corrected chi connectivity index (χ4v) is 1.54. The quantitative estimate of drug-likeness (QED) is 0.642. The highest BCUT2D eigenvalue weighted by Crippen LogP contribution is 2.16. The van der Waals surface area contributed by atoms with E-state index in [0.717, 1.165) is 18.7 Å². The molecule has 1 aromatic rings. The highest BCUT2D eigenvalue weighted by atomic mass is 16.6. The number of hydrogen-bond acceptors (Lipinski definition) is 2. The normalized spacial score (nSPS) is 15.4. The van der Waals surface area contributed by atoms with Crippen molar-refractivity contribution in [2.45, 2.75) is 20.3 Å². The highest BCUT2D eigenvalue weighted by Gasteiger charge is 2.12. The number of aryl methyl sites for hydroxylation is 2. The third-order valence-electron chi connectivity index (χ3n) is 2.31. The first-order valence-electron chi connectivity index (χ1n) is 4.54. The molecule has 2 heteroatoms. The van der Waals surface area contributed by atoms with E-state index in [0.29, 0.717) is 0 Å². The molecular formula is C11H13NO. The van der Waals surface area contributed by atoms with Gasteiger partial charge in [0.2, 0.25) is 0 Å². The van der Waals surface area contributed by atoms with Crippen molar-refractivity contribution in [3.05, 3.63) is 34.9 Å².